The van der Waals surface area contributed by atoms with Gasteiger partial charge in [-0.25, -0.2) is 4.39 Å². The lowest BCUT2D eigenvalue weighted by Gasteiger charge is -2.28. The molecule has 4 nitrogen and oxygen atoms in total. The molecule has 0 aliphatic rings. The molecule has 28 heavy (non-hydrogen) atoms. The largest absolute Gasteiger partial charge is 0.355 e. The van der Waals surface area contributed by atoms with Crippen LogP contribution in [0.2, 0.25) is 0 Å². The van der Waals surface area contributed by atoms with Gasteiger partial charge in [0.1, 0.15) is 11.9 Å². The van der Waals surface area contributed by atoms with Crippen LogP contribution in [-0.2, 0) is 21.9 Å². The van der Waals surface area contributed by atoms with E-state index in [-0.39, 0.29) is 23.4 Å². The van der Waals surface area contributed by atoms with Gasteiger partial charge in [-0.3, -0.25) is 9.59 Å². The van der Waals surface area contributed by atoms with Crippen LogP contribution in [0.3, 0.4) is 0 Å². The Morgan fingerprint density at radius 2 is 1.71 bits per heavy atom. The number of nitrogens with zero attached hydrogens (tertiary/aromatic N) is 1. The highest BCUT2D eigenvalue weighted by Gasteiger charge is 2.25. The lowest BCUT2D eigenvalue weighted by molar-refractivity contribution is -0.138. The predicted octanol–water partition coefficient (Wildman–Crippen LogP) is 4.37. The molecule has 0 bridgehead atoms. The van der Waals surface area contributed by atoms with Crippen molar-refractivity contribution >= 4 is 39.5 Å². The van der Waals surface area contributed by atoms with Crippen LogP contribution < -0.4 is 5.32 Å². The maximum absolute atomic E-state index is 13.0. The van der Waals surface area contributed by atoms with E-state index < -0.39 is 6.04 Å². The Hall–Kier alpha value is -1.86. The number of thioether (sulfide) groups is 1. The fraction of sp³-hybridized carbons (Fsp3) is 0.333. The first kappa shape index (κ1) is 22.4. The first-order chi connectivity index (χ1) is 13.4. The molecule has 1 N–H and O–H groups in total. The zero-order valence-corrected chi connectivity index (χ0v) is 18.4. The molecule has 0 radical (unpaired) electrons. The van der Waals surface area contributed by atoms with Gasteiger partial charge >= 0.3 is 0 Å². The zero-order chi connectivity index (χ0) is 20.5. The molecule has 0 aromatic heterocycles. The highest BCUT2D eigenvalue weighted by atomic mass is 79.9. The van der Waals surface area contributed by atoms with Gasteiger partial charge in [-0.15, -0.1) is 11.8 Å². The van der Waals surface area contributed by atoms with Crippen LogP contribution in [0.4, 0.5) is 4.39 Å². The van der Waals surface area contributed by atoms with Crippen molar-refractivity contribution in [1.29, 1.82) is 0 Å². The molecule has 2 amide bonds. The van der Waals surface area contributed by atoms with E-state index in [2.05, 4.69) is 21.2 Å². The summed E-state index contributed by atoms with van der Waals surface area (Å²) < 4.78 is 14.0. The summed E-state index contributed by atoms with van der Waals surface area (Å²) in [5, 5.41) is 2.78. The fourth-order valence-electron chi connectivity index (χ4n) is 2.61. The molecule has 0 aliphatic carbocycles. The molecule has 0 spiro atoms. The van der Waals surface area contributed by atoms with Gasteiger partial charge in [0.15, 0.2) is 0 Å². The number of hydrogen-bond donors (Lipinski definition) is 1. The third kappa shape index (κ3) is 6.95. The van der Waals surface area contributed by atoms with Crippen molar-refractivity contribution in [3.8, 4) is 0 Å². The number of nitrogens with one attached hydrogen (secondary N) is 1. The van der Waals surface area contributed by atoms with Crippen molar-refractivity contribution in [2.45, 2.75) is 32.2 Å². The number of carbonyl (C=O) groups excluding carboxylic acids is 2. The lowest BCUT2D eigenvalue weighted by atomic mass is 10.1. The summed E-state index contributed by atoms with van der Waals surface area (Å²) >= 11 is 4.85. The average molecular weight is 467 g/mol. The second-order valence-corrected chi connectivity index (χ2v) is 8.24. The van der Waals surface area contributed by atoms with Gasteiger partial charge in [0.25, 0.3) is 0 Å². The Kier molecular flexibility index (Phi) is 8.99. The number of hydrogen-bond acceptors (Lipinski definition) is 3. The van der Waals surface area contributed by atoms with E-state index >= 15 is 0 Å². The number of rotatable bonds is 9. The molecule has 7 heteroatoms. The van der Waals surface area contributed by atoms with Crippen LogP contribution in [0.25, 0.3) is 0 Å². The Morgan fingerprint density at radius 1 is 1.11 bits per heavy atom. The third-order valence-electron chi connectivity index (χ3n) is 4.19. The molecule has 0 saturated heterocycles. The molecule has 2 rings (SSSR count). The molecule has 150 valence electrons. The van der Waals surface area contributed by atoms with Crippen LogP contribution in [0, 0.1) is 5.82 Å². The molecule has 1 atom stereocenters. The Bertz CT molecular complexity index is 784. The van der Waals surface area contributed by atoms with Crippen molar-refractivity contribution < 1.29 is 14.0 Å². The van der Waals surface area contributed by atoms with Crippen LogP contribution in [0.15, 0.2) is 53.0 Å². The Balaban J connectivity index is 2.03. The van der Waals surface area contributed by atoms with E-state index in [4.69, 9.17) is 0 Å². The molecule has 0 heterocycles. The fourth-order valence-corrected chi connectivity index (χ4v) is 3.75. The number of likely N-dealkylation sites (N-methyl/N-ethyl adjacent to an activating group) is 1. The van der Waals surface area contributed by atoms with Crippen LogP contribution in [0.5, 0.6) is 0 Å². The van der Waals surface area contributed by atoms with Crippen molar-refractivity contribution in [3.05, 3.63) is 69.9 Å². The normalized spacial score (nSPS) is 11.7. The van der Waals surface area contributed by atoms with Gasteiger partial charge in [-0.05, 0) is 49.2 Å². The summed E-state index contributed by atoms with van der Waals surface area (Å²) in [7, 11) is 0. The van der Waals surface area contributed by atoms with Gasteiger partial charge in [-0.1, -0.05) is 40.2 Å². The maximum Gasteiger partial charge on any atom is 0.242 e. The van der Waals surface area contributed by atoms with Gasteiger partial charge < -0.3 is 10.2 Å². The molecule has 2 aromatic rings. The van der Waals surface area contributed by atoms with Crippen LogP contribution in [0.1, 0.15) is 25.0 Å². The minimum absolute atomic E-state index is 0.103. The topological polar surface area (TPSA) is 49.4 Å². The Labute approximate surface area is 178 Å². The van der Waals surface area contributed by atoms with Crippen LogP contribution in [-0.4, -0.2) is 35.1 Å². The van der Waals surface area contributed by atoms with E-state index in [9.17, 15) is 14.0 Å². The summed E-state index contributed by atoms with van der Waals surface area (Å²) in [4.78, 5) is 26.8. The van der Waals surface area contributed by atoms with E-state index in [1.807, 2.05) is 31.2 Å². The molecular weight excluding hydrogens is 443 g/mol. The third-order valence-corrected chi connectivity index (χ3v) is 5.71. The second kappa shape index (κ2) is 11.2. The molecule has 2 aromatic carbocycles. The van der Waals surface area contributed by atoms with Crippen molar-refractivity contribution in [2.24, 2.45) is 0 Å². The summed E-state index contributed by atoms with van der Waals surface area (Å²) in [5.74, 6) is 0.303. The minimum Gasteiger partial charge on any atom is -0.355 e. The van der Waals surface area contributed by atoms with E-state index in [0.29, 0.717) is 18.8 Å². The SMILES string of the molecule is CCNC(=O)[C@@H](C)N(Cc1ccc(Br)cc1)C(=O)CSCc1ccc(F)cc1. The average Bonchev–Trinajstić information content (AvgIpc) is 2.68. The van der Waals surface area contributed by atoms with Crippen LogP contribution >= 0.6 is 27.7 Å². The van der Waals surface area contributed by atoms with Gasteiger partial charge in [0, 0.05) is 23.3 Å². The van der Waals surface area contributed by atoms with Gasteiger partial charge in [0.2, 0.25) is 11.8 Å². The molecule has 0 aliphatic heterocycles. The minimum atomic E-state index is -0.567. The van der Waals surface area contributed by atoms with E-state index in [0.717, 1.165) is 15.6 Å². The second-order valence-electron chi connectivity index (χ2n) is 6.34. The predicted molar refractivity (Wildman–Crippen MR) is 115 cm³/mol. The summed E-state index contributed by atoms with van der Waals surface area (Å²) in [5.41, 5.74) is 1.91. The van der Waals surface area contributed by atoms with Crippen molar-refractivity contribution in [3.63, 3.8) is 0 Å². The van der Waals surface area contributed by atoms with Crippen molar-refractivity contribution in [1.82, 2.24) is 10.2 Å². The first-order valence-electron chi connectivity index (χ1n) is 9.04. The van der Waals surface area contributed by atoms with E-state index in [1.165, 1.54) is 23.9 Å². The highest BCUT2D eigenvalue weighted by molar-refractivity contribution is 9.10. The van der Waals surface area contributed by atoms with Gasteiger partial charge in [-0.2, -0.15) is 0 Å². The summed E-state index contributed by atoms with van der Waals surface area (Å²) in [6.07, 6.45) is 0. The number of carbonyl (C=O) groups is 2. The molecule has 0 unspecified atom stereocenters. The number of benzene rings is 2. The maximum atomic E-state index is 13.0. The Morgan fingerprint density at radius 3 is 2.32 bits per heavy atom. The van der Waals surface area contributed by atoms with Gasteiger partial charge in [0.05, 0.1) is 5.75 Å². The number of halogens is 2. The number of amides is 2. The summed E-state index contributed by atoms with van der Waals surface area (Å²) in [6.45, 7) is 4.47. The van der Waals surface area contributed by atoms with Crippen molar-refractivity contribution in [2.75, 3.05) is 12.3 Å². The van der Waals surface area contributed by atoms with E-state index in [1.54, 1.807) is 24.0 Å². The molecule has 0 fully saturated rings. The highest BCUT2D eigenvalue weighted by Crippen LogP contribution is 2.17. The zero-order valence-electron chi connectivity index (χ0n) is 16.0. The monoisotopic (exact) mass is 466 g/mol. The lowest BCUT2D eigenvalue weighted by Crippen LogP contribution is -2.48. The smallest absolute Gasteiger partial charge is 0.242 e. The quantitative estimate of drug-likeness (QED) is 0.596. The first-order valence-corrected chi connectivity index (χ1v) is 11.0. The standard InChI is InChI=1S/C21H24BrFN2O2S/c1-3-24-21(27)15(2)25(12-16-4-8-18(22)9-5-16)20(26)14-28-13-17-6-10-19(23)11-7-17/h4-11,15H,3,12-14H2,1-2H3,(H,24,27)/t15-/m1/s1. The summed E-state index contributed by atoms with van der Waals surface area (Å²) in [6, 6.07) is 13.4. The molecule has 0 saturated carbocycles. The molecular formula is C21H24BrFN2O2S.